The molecule has 1 aliphatic carbocycles. The van der Waals surface area contributed by atoms with Crippen LogP contribution in [0.4, 0.5) is 0 Å². The van der Waals surface area contributed by atoms with Crippen molar-refractivity contribution in [3.05, 3.63) is 40.7 Å². The van der Waals surface area contributed by atoms with E-state index in [0.29, 0.717) is 34.4 Å². The van der Waals surface area contributed by atoms with Crippen LogP contribution in [0.1, 0.15) is 44.1 Å². The van der Waals surface area contributed by atoms with E-state index in [1.54, 1.807) is 11.8 Å². The van der Waals surface area contributed by atoms with Crippen LogP contribution in [0.3, 0.4) is 0 Å². The van der Waals surface area contributed by atoms with Crippen LogP contribution >= 0.6 is 23.4 Å². The fourth-order valence-electron chi connectivity index (χ4n) is 3.33. The van der Waals surface area contributed by atoms with Gasteiger partial charge in [0, 0.05) is 11.8 Å². The minimum absolute atomic E-state index is 0.112. The van der Waals surface area contributed by atoms with Crippen molar-refractivity contribution in [1.82, 2.24) is 10.3 Å². The number of aryl methyl sites for hydroxylation is 1. The van der Waals surface area contributed by atoms with E-state index < -0.39 is 0 Å². The number of nitrogens with one attached hydrogen (secondary N) is 1. The van der Waals surface area contributed by atoms with Crippen molar-refractivity contribution in [2.45, 2.75) is 51.3 Å². The number of rotatable bonds is 6. The normalized spacial score (nSPS) is 20.1. The van der Waals surface area contributed by atoms with Gasteiger partial charge in [-0.15, -0.1) is 11.8 Å². The molecule has 1 N–H and O–H groups in total. The summed E-state index contributed by atoms with van der Waals surface area (Å²) in [6.07, 6.45) is 4.80. The zero-order chi connectivity index (χ0) is 18.5. The molecule has 6 heteroatoms. The number of benzene rings is 1. The van der Waals surface area contributed by atoms with Gasteiger partial charge < -0.3 is 9.73 Å². The summed E-state index contributed by atoms with van der Waals surface area (Å²) in [7, 11) is 0. The van der Waals surface area contributed by atoms with Crippen LogP contribution < -0.4 is 5.32 Å². The number of thioether (sulfide) groups is 1. The summed E-state index contributed by atoms with van der Waals surface area (Å²) in [4.78, 5) is 16.8. The van der Waals surface area contributed by atoms with Gasteiger partial charge in [-0.25, -0.2) is 4.98 Å². The Kier molecular flexibility index (Phi) is 6.65. The number of amides is 1. The highest BCUT2D eigenvalue weighted by Crippen LogP contribution is 2.29. The second kappa shape index (κ2) is 8.96. The molecule has 1 saturated carbocycles. The van der Waals surface area contributed by atoms with Crippen LogP contribution in [0.5, 0.6) is 0 Å². The van der Waals surface area contributed by atoms with Gasteiger partial charge >= 0.3 is 0 Å². The maximum absolute atomic E-state index is 12.2. The van der Waals surface area contributed by atoms with E-state index in [1.165, 1.54) is 19.3 Å². The summed E-state index contributed by atoms with van der Waals surface area (Å²) in [5, 5.41) is 3.81. The number of hydrogen-bond acceptors (Lipinski definition) is 4. The number of aromatic nitrogens is 1. The van der Waals surface area contributed by atoms with E-state index >= 15 is 0 Å². The zero-order valence-electron chi connectivity index (χ0n) is 15.3. The Hall–Kier alpha value is -1.46. The third-order valence-corrected chi connectivity index (χ3v) is 6.20. The number of nitrogens with zero attached hydrogens (tertiary/aromatic N) is 1. The lowest BCUT2D eigenvalue weighted by atomic mass is 9.86. The van der Waals surface area contributed by atoms with E-state index in [4.69, 9.17) is 16.0 Å². The molecule has 26 heavy (non-hydrogen) atoms. The van der Waals surface area contributed by atoms with Crippen LogP contribution in [-0.4, -0.2) is 22.7 Å². The van der Waals surface area contributed by atoms with Crippen molar-refractivity contribution in [3.8, 4) is 11.5 Å². The van der Waals surface area contributed by atoms with Crippen molar-refractivity contribution in [1.29, 1.82) is 0 Å². The molecule has 1 amide bonds. The first-order valence-electron chi connectivity index (χ1n) is 9.13. The summed E-state index contributed by atoms with van der Waals surface area (Å²) in [6.45, 7) is 4.12. The smallest absolute Gasteiger partial charge is 0.230 e. The maximum atomic E-state index is 12.2. The Morgan fingerprint density at radius 1 is 1.35 bits per heavy atom. The molecule has 1 aliphatic rings. The van der Waals surface area contributed by atoms with E-state index in [-0.39, 0.29) is 5.91 Å². The molecule has 1 heterocycles. The van der Waals surface area contributed by atoms with E-state index in [9.17, 15) is 4.79 Å². The molecule has 2 aromatic rings. The largest absolute Gasteiger partial charge is 0.441 e. The monoisotopic (exact) mass is 392 g/mol. The molecule has 0 saturated heterocycles. The molecule has 1 fully saturated rings. The van der Waals surface area contributed by atoms with Crippen LogP contribution in [-0.2, 0) is 10.5 Å². The summed E-state index contributed by atoms with van der Waals surface area (Å²) in [5.74, 6) is 3.08. The van der Waals surface area contributed by atoms with Gasteiger partial charge in [0.2, 0.25) is 11.8 Å². The van der Waals surface area contributed by atoms with Gasteiger partial charge in [-0.05, 0) is 37.8 Å². The van der Waals surface area contributed by atoms with Gasteiger partial charge in [-0.2, -0.15) is 0 Å². The van der Waals surface area contributed by atoms with Gasteiger partial charge in [-0.1, -0.05) is 43.5 Å². The number of carbonyl (C=O) groups excluding carboxylic acids is 1. The Labute approximate surface area is 164 Å². The molecule has 2 atom stereocenters. The predicted octanol–water partition coefficient (Wildman–Crippen LogP) is 5.23. The molecule has 0 unspecified atom stereocenters. The molecule has 140 valence electrons. The standard InChI is InChI=1S/C20H25ClN2O2S/c1-13-7-3-6-10-17(13)22-19(24)12-26-11-18-14(2)25-20(23-18)15-8-4-5-9-16(15)21/h4-5,8-9,13,17H,3,6-7,10-12H2,1-2H3,(H,22,24)/t13-,17-/m1/s1. The van der Waals surface area contributed by atoms with Crippen LogP contribution in [0.15, 0.2) is 28.7 Å². The van der Waals surface area contributed by atoms with Crippen molar-refractivity contribution >= 4 is 29.3 Å². The minimum atomic E-state index is 0.112. The molecule has 1 aromatic heterocycles. The molecule has 4 nitrogen and oxygen atoms in total. The Morgan fingerprint density at radius 3 is 2.88 bits per heavy atom. The van der Waals surface area contributed by atoms with Crippen molar-refractivity contribution in [3.63, 3.8) is 0 Å². The average Bonchev–Trinajstić information content (AvgIpc) is 2.98. The Bertz CT molecular complexity index is 762. The van der Waals surface area contributed by atoms with Crippen molar-refractivity contribution in [2.75, 3.05) is 5.75 Å². The third kappa shape index (κ3) is 4.83. The van der Waals surface area contributed by atoms with E-state index in [2.05, 4.69) is 17.2 Å². The molecule has 0 radical (unpaired) electrons. The molecule has 1 aromatic carbocycles. The van der Waals surface area contributed by atoms with Gasteiger partial charge in [0.1, 0.15) is 5.76 Å². The molecule has 0 bridgehead atoms. The first-order valence-corrected chi connectivity index (χ1v) is 10.7. The predicted molar refractivity (Wildman–Crippen MR) is 107 cm³/mol. The summed E-state index contributed by atoms with van der Waals surface area (Å²) >= 11 is 7.78. The summed E-state index contributed by atoms with van der Waals surface area (Å²) < 4.78 is 5.77. The van der Waals surface area contributed by atoms with Gasteiger partial charge in [-0.3, -0.25) is 4.79 Å². The molecule has 3 rings (SSSR count). The lowest BCUT2D eigenvalue weighted by molar-refractivity contribution is -0.119. The summed E-state index contributed by atoms with van der Waals surface area (Å²) in [5.41, 5.74) is 1.65. The van der Waals surface area contributed by atoms with Crippen LogP contribution in [0.2, 0.25) is 5.02 Å². The number of hydrogen-bond donors (Lipinski definition) is 1. The SMILES string of the molecule is Cc1oc(-c2ccccc2Cl)nc1CSCC(=O)N[C@@H]1CCCC[C@H]1C. The number of carbonyl (C=O) groups is 1. The van der Waals surface area contributed by atoms with Gasteiger partial charge in [0.05, 0.1) is 22.0 Å². The fourth-order valence-corrected chi connectivity index (χ4v) is 4.38. The van der Waals surface area contributed by atoms with Crippen LogP contribution in [0.25, 0.3) is 11.5 Å². The molecular formula is C20H25ClN2O2S. The second-order valence-corrected chi connectivity index (χ2v) is 8.32. The van der Waals surface area contributed by atoms with Gasteiger partial charge in [0.15, 0.2) is 0 Å². The topological polar surface area (TPSA) is 55.1 Å². The van der Waals surface area contributed by atoms with Crippen molar-refractivity contribution in [2.24, 2.45) is 5.92 Å². The highest BCUT2D eigenvalue weighted by molar-refractivity contribution is 7.99. The Morgan fingerprint density at radius 2 is 2.12 bits per heavy atom. The average molecular weight is 393 g/mol. The lowest BCUT2D eigenvalue weighted by Crippen LogP contribution is -2.41. The fraction of sp³-hybridized carbons (Fsp3) is 0.500. The van der Waals surface area contributed by atoms with E-state index in [1.807, 2.05) is 31.2 Å². The molecular weight excluding hydrogens is 368 g/mol. The second-order valence-electron chi connectivity index (χ2n) is 6.93. The zero-order valence-corrected chi connectivity index (χ0v) is 16.8. The number of halogens is 1. The highest BCUT2D eigenvalue weighted by atomic mass is 35.5. The summed E-state index contributed by atoms with van der Waals surface area (Å²) in [6, 6.07) is 7.83. The number of oxazole rings is 1. The van der Waals surface area contributed by atoms with Gasteiger partial charge in [0.25, 0.3) is 0 Å². The molecule has 0 aliphatic heterocycles. The third-order valence-electron chi connectivity index (χ3n) is 4.93. The quantitative estimate of drug-likeness (QED) is 0.731. The highest BCUT2D eigenvalue weighted by Gasteiger charge is 2.22. The van der Waals surface area contributed by atoms with Crippen LogP contribution in [0, 0.1) is 12.8 Å². The molecule has 0 spiro atoms. The minimum Gasteiger partial charge on any atom is -0.441 e. The first kappa shape index (κ1) is 19.3. The maximum Gasteiger partial charge on any atom is 0.230 e. The first-order chi connectivity index (χ1) is 12.5. The van der Waals surface area contributed by atoms with Crippen molar-refractivity contribution < 1.29 is 9.21 Å². The van der Waals surface area contributed by atoms with E-state index in [0.717, 1.165) is 23.4 Å². The lowest BCUT2D eigenvalue weighted by Gasteiger charge is -2.29. The Balaban J connectivity index is 1.52.